The van der Waals surface area contributed by atoms with Crippen molar-refractivity contribution in [2.45, 2.75) is 32.9 Å². The Labute approximate surface area is 126 Å². The van der Waals surface area contributed by atoms with Crippen molar-refractivity contribution in [3.8, 4) is 5.75 Å². The van der Waals surface area contributed by atoms with Crippen molar-refractivity contribution in [3.05, 3.63) is 47.8 Å². The third-order valence-electron chi connectivity index (χ3n) is 3.77. The molecule has 2 heterocycles. The van der Waals surface area contributed by atoms with E-state index in [-0.39, 0.29) is 0 Å². The van der Waals surface area contributed by atoms with Gasteiger partial charge in [0.05, 0.1) is 19.3 Å². The molecule has 0 bridgehead atoms. The molecule has 4 heteroatoms. The smallest absolute Gasteiger partial charge is 0.122 e. The molecule has 1 aromatic carbocycles. The van der Waals surface area contributed by atoms with E-state index in [1.165, 1.54) is 11.1 Å². The molecule has 0 saturated carbocycles. The van der Waals surface area contributed by atoms with Gasteiger partial charge in [0, 0.05) is 29.8 Å². The van der Waals surface area contributed by atoms with Crippen LogP contribution in [0.4, 0.5) is 0 Å². The number of nitrogens with zero attached hydrogens (tertiary/aromatic N) is 2. The topological polar surface area (TPSA) is 39.1 Å². The van der Waals surface area contributed by atoms with Crippen molar-refractivity contribution in [3.63, 3.8) is 0 Å². The van der Waals surface area contributed by atoms with Crippen molar-refractivity contribution in [1.29, 1.82) is 0 Å². The summed E-state index contributed by atoms with van der Waals surface area (Å²) < 4.78 is 7.76. The van der Waals surface area contributed by atoms with Crippen molar-refractivity contribution in [1.82, 2.24) is 15.1 Å². The summed E-state index contributed by atoms with van der Waals surface area (Å²) in [6.07, 6.45) is 4.09. The summed E-state index contributed by atoms with van der Waals surface area (Å²) in [7, 11) is 0. The van der Waals surface area contributed by atoms with Crippen LogP contribution in [-0.2, 0) is 13.1 Å². The lowest BCUT2D eigenvalue weighted by atomic mass is 10.0. The molecule has 1 aromatic heterocycles. The van der Waals surface area contributed by atoms with Gasteiger partial charge in [0.2, 0.25) is 0 Å². The maximum Gasteiger partial charge on any atom is 0.122 e. The van der Waals surface area contributed by atoms with Crippen molar-refractivity contribution >= 4 is 0 Å². The molecular weight excluding hydrogens is 262 g/mol. The fourth-order valence-electron chi connectivity index (χ4n) is 2.71. The number of hydrogen-bond donors (Lipinski definition) is 1. The number of aromatic nitrogens is 2. The Kier molecular flexibility index (Phi) is 4.25. The Morgan fingerprint density at radius 3 is 3.10 bits per heavy atom. The van der Waals surface area contributed by atoms with E-state index in [2.05, 4.69) is 42.6 Å². The van der Waals surface area contributed by atoms with Gasteiger partial charge in [-0.3, -0.25) is 4.68 Å². The molecule has 1 N–H and O–H groups in total. The zero-order chi connectivity index (χ0) is 14.7. The molecule has 3 rings (SSSR count). The molecule has 1 aliphatic rings. The SMILES string of the molecule is CC(C)CNCc1cnn(CC2COc3ccccc32)c1. The Bertz CT molecular complexity index is 591. The average molecular weight is 285 g/mol. The molecule has 4 nitrogen and oxygen atoms in total. The van der Waals surface area contributed by atoms with Gasteiger partial charge >= 0.3 is 0 Å². The summed E-state index contributed by atoms with van der Waals surface area (Å²) in [5.74, 6) is 2.10. The molecule has 112 valence electrons. The van der Waals surface area contributed by atoms with Crippen LogP contribution in [0.15, 0.2) is 36.7 Å². The van der Waals surface area contributed by atoms with Crippen LogP contribution in [0, 0.1) is 5.92 Å². The van der Waals surface area contributed by atoms with Gasteiger partial charge in [0.1, 0.15) is 5.75 Å². The number of benzene rings is 1. The highest BCUT2D eigenvalue weighted by Gasteiger charge is 2.24. The van der Waals surface area contributed by atoms with Crippen molar-refractivity contribution in [2.75, 3.05) is 13.2 Å². The highest BCUT2D eigenvalue weighted by atomic mass is 16.5. The van der Waals surface area contributed by atoms with Crippen LogP contribution < -0.4 is 10.1 Å². The number of fused-ring (bicyclic) bond motifs is 1. The van der Waals surface area contributed by atoms with Gasteiger partial charge in [-0.1, -0.05) is 32.0 Å². The van der Waals surface area contributed by atoms with Gasteiger partial charge in [-0.05, 0) is 18.5 Å². The van der Waals surface area contributed by atoms with Crippen LogP contribution in [0.3, 0.4) is 0 Å². The minimum Gasteiger partial charge on any atom is -0.493 e. The van der Waals surface area contributed by atoms with E-state index in [0.717, 1.165) is 32.0 Å². The fraction of sp³-hybridized carbons (Fsp3) is 0.471. The molecule has 0 fully saturated rings. The van der Waals surface area contributed by atoms with Crippen LogP contribution >= 0.6 is 0 Å². The van der Waals surface area contributed by atoms with E-state index in [1.807, 2.05) is 23.0 Å². The zero-order valence-electron chi connectivity index (χ0n) is 12.7. The normalized spacial score (nSPS) is 17.0. The maximum atomic E-state index is 5.73. The van der Waals surface area contributed by atoms with Crippen LogP contribution in [0.5, 0.6) is 5.75 Å². The lowest BCUT2D eigenvalue weighted by Gasteiger charge is -2.08. The minimum atomic E-state index is 0.401. The highest BCUT2D eigenvalue weighted by molar-refractivity contribution is 5.39. The first-order valence-corrected chi connectivity index (χ1v) is 7.66. The number of hydrogen-bond acceptors (Lipinski definition) is 3. The second-order valence-electron chi connectivity index (χ2n) is 6.14. The van der Waals surface area contributed by atoms with Crippen LogP contribution in [-0.4, -0.2) is 22.9 Å². The van der Waals surface area contributed by atoms with Crippen LogP contribution in [0.2, 0.25) is 0 Å². The van der Waals surface area contributed by atoms with E-state index < -0.39 is 0 Å². The summed E-state index contributed by atoms with van der Waals surface area (Å²) in [6, 6.07) is 8.29. The lowest BCUT2D eigenvalue weighted by molar-refractivity contribution is 0.315. The van der Waals surface area contributed by atoms with Gasteiger partial charge in [0.25, 0.3) is 0 Å². The molecule has 0 aliphatic carbocycles. The summed E-state index contributed by atoms with van der Waals surface area (Å²) in [4.78, 5) is 0. The Hall–Kier alpha value is -1.81. The fourth-order valence-corrected chi connectivity index (χ4v) is 2.71. The molecule has 0 saturated heterocycles. The minimum absolute atomic E-state index is 0.401. The Balaban J connectivity index is 1.58. The van der Waals surface area contributed by atoms with Crippen LogP contribution in [0.25, 0.3) is 0 Å². The Morgan fingerprint density at radius 2 is 2.24 bits per heavy atom. The van der Waals surface area contributed by atoms with Gasteiger partial charge in [-0.25, -0.2) is 0 Å². The van der Waals surface area contributed by atoms with Crippen LogP contribution in [0.1, 0.15) is 30.9 Å². The summed E-state index contributed by atoms with van der Waals surface area (Å²) in [6.45, 7) is 7.98. The third kappa shape index (κ3) is 3.45. The summed E-state index contributed by atoms with van der Waals surface area (Å²) in [5.41, 5.74) is 2.54. The predicted molar refractivity (Wildman–Crippen MR) is 83.4 cm³/mol. The number of nitrogens with one attached hydrogen (secondary N) is 1. The molecule has 0 radical (unpaired) electrons. The number of para-hydroxylation sites is 1. The molecule has 1 aliphatic heterocycles. The van der Waals surface area contributed by atoms with Crippen molar-refractivity contribution < 1.29 is 4.74 Å². The largest absolute Gasteiger partial charge is 0.493 e. The van der Waals surface area contributed by atoms with E-state index in [4.69, 9.17) is 4.74 Å². The first-order chi connectivity index (χ1) is 10.2. The first kappa shape index (κ1) is 14.1. The standard InChI is InChI=1S/C17H23N3O/c1-13(2)7-18-8-14-9-19-20(10-14)11-15-12-21-17-6-4-3-5-16(15)17/h3-6,9-10,13,15,18H,7-8,11-12H2,1-2H3. The summed E-state index contributed by atoms with van der Waals surface area (Å²) >= 11 is 0. The highest BCUT2D eigenvalue weighted by Crippen LogP contribution is 2.34. The van der Waals surface area contributed by atoms with Gasteiger partial charge < -0.3 is 10.1 Å². The Morgan fingerprint density at radius 1 is 1.38 bits per heavy atom. The van der Waals surface area contributed by atoms with E-state index >= 15 is 0 Å². The molecule has 21 heavy (non-hydrogen) atoms. The predicted octanol–water partition coefficient (Wildman–Crippen LogP) is 2.80. The third-order valence-corrected chi connectivity index (χ3v) is 3.77. The molecule has 0 spiro atoms. The van der Waals surface area contributed by atoms with Crippen molar-refractivity contribution in [2.24, 2.45) is 5.92 Å². The van der Waals surface area contributed by atoms with E-state index in [1.54, 1.807) is 0 Å². The second-order valence-corrected chi connectivity index (χ2v) is 6.14. The average Bonchev–Trinajstić information content (AvgIpc) is 3.07. The lowest BCUT2D eigenvalue weighted by Crippen LogP contribution is -2.18. The van der Waals surface area contributed by atoms with Gasteiger partial charge in [0.15, 0.2) is 0 Å². The molecule has 1 atom stereocenters. The van der Waals surface area contributed by atoms with Gasteiger partial charge in [-0.15, -0.1) is 0 Å². The monoisotopic (exact) mass is 285 g/mol. The van der Waals surface area contributed by atoms with E-state index in [0.29, 0.717) is 11.8 Å². The molecule has 0 amide bonds. The quantitative estimate of drug-likeness (QED) is 0.887. The second kappa shape index (κ2) is 6.31. The molecular formula is C17H23N3O. The maximum absolute atomic E-state index is 5.73. The van der Waals surface area contributed by atoms with Gasteiger partial charge in [-0.2, -0.15) is 5.10 Å². The molecule has 1 unspecified atom stereocenters. The summed E-state index contributed by atoms with van der Waals surface area (Å²) in [5, 5.41) is 7.92. The number of rotatable bonds is 6. The zero-order valence-corrected chi connectivity index (χ0v) is 12.7. The van der Waals surface area contributed by atoms with E-state index in [9.17, 15) is 0 Å². The molecule has 2 aromatic rings. The number of ether oxygens (including phenoxy) is 1. The first-order valence-electron chi connectivity index (χ1n) is 7.66.